The Morgan fingerprint density at radius 3 is 3.06 bits per heavy atom. The van der Waals surface area contributed by atoms with Crippen molar-refractivity contribution in [1.82, 2.24) is 9.55 Å². The number of rotatable bonds is 5. The van der Waals surface area contributed by atoms with E-state index in [1.54, 1.807) is 13.3 Å². The van der Waals surface area contributed by atoms with Crippen LogP contribution in [-0.4, -0.2) is 16.7 Å². The molecule has 0 saturated carbocycles. The molecule has 0 fully saturated rings. The van der Waals surface area contributed by atoms with Crippen molar-refractivity contribution in [3.63, 3.8) is 0 Å². The lowest BCUT2D eigenvalue weighted by Crippen LogP contribution is -2.02. The van der Waals surface area contributed by atoms with Crippen molar-refractivity contribution in [1.29, 1.82) is 0 Å². The fourth-order valence-corrected chi connectivity index (χ4v) is 1.68. The van der Waals surface area contributed by atoms with Crippen LogP contribution in [0.4, 0.5) is 11.6 Å². The van der Waals surface area contributed by atoms with Crippen LogP contribution in [0.2, 0.25) is 0 Å². The number of anilines is 2. The quantitative estimate of drug-likeness (QED) is 0.859. The van der Waals surface area contributed by atoms with Gasteiger partial charge in [0, 0.05) is 30.7 Å². The molecule has 0 unspecified atom stereocenters. The molecule has 0 saturated heterocycles. The van der Waals surface area contributed by atoms with Crippen LogP contribution in [0, 0.1) is 0 Å². The topological polar surface area (TPSA) is 39.1 Å². The van der Waals surface area contributed by atoms with Crippen LogP contribution in [0.25, 0.3) is 0 Å². The van der Waals surface area contributed by atoms with Crippen LogP contribution in [-0.2, 0) is 6.54 Å². The lowest BCUT2D eigenvalue weighted by atomic mass is 10.3. The first-order valence-electron chi connectivity index (χ1n) is 5.75. The first kappa shape index (κ1) is 11.5. The SMILES string of the molecule is CCCn1ccnc1Nc1cccc(OC)c1. The maximum Gasteiger partial charge on any atom is 0.207 e. The average molecular weight is 231 g/mol. The van der Waals surface area contributed by atoms with Crippen molar-refractivity contribution >= 4 is 11.6 Å². The van der Waals surface area contributed by atoms with Crippen LogP contribution in [0.1, 0.15) is 13.3 Å². The summed E-state index contributed by atoms with van der Waals surface area (Å²) in [7, 11) is 1.66. The zero-order valence-electron chi connectivity index (χ0n) is 10.2. The number of aromatic nitrogens is 2. The van der Waals surface area contributed by atoms with E-state index in [9.17, 15) is 0 Å². The molecule has 0 bridgehead atoms. The first-order valence-corrected chi connectivity index (χ1v) is 5.75. The van der Waals surface area contributed by atoms with E-state index in [2.05, 4.69) is 21.8 Å². The van der Waals surface area contributed by atoms with Crippen molar-refractivity contribution in [2.45, 2.75) is 19.9 Å². The van der Waals surface area contributed by atoms with Gasteiger partial charge in [-0.3, -0.25) is 0 Å². The predicted octanol–water partition coefficient (Wildman–Crippen LogP) is 3.05. The smallest absolute Gasteiger partial charge is 0.207 e. The fraction of sp³-hybridized carbons (Fsp3) is 0.308. The summed E-state index contributed by atoms with van der Waals surface area (Å²) < 4.78 is 7.28. The second-order valence-corrected chi connectivity index (χ2v) is 3.80. The molecule has 0 spiro atoms. The Labute approximate surface area is 101 Å². The van der Waals surface area contributed by atoms with Gasteiger partial charge in [-0.1, -0.05) is 13.0 Å². The lowest BCUT2D eigenvalue weighted by molar-refractivity contribution is 0.415. The van der Waals surface area contributed by atoms with E-state index >= 15 is 0 Å². The van der Waals surface area contributed by atoms with Gasteiger partial charge < -0.3 is 14.6 Å². The molecule has 1 heterocycles. The molecule has 0 atom stereocenters. The number of imidazole rings is 1. The number of aryl methyl sites for hydroxylation is 1. The zero-order chi connectivity index (χ0) is 12.1. The molecule has 2 rings (SSSR count). The average Bonchev–Trinajstić information content (AvgIpc) is 2.78. The van der Waals surface area contributed by atoms with Crippen molar-refractivity contribution in [2.75, 3.05) is 12.4 Å². The van der Waals surface area contributed by atoms with Gasteiger partial charge in [0.05, 0.1) is 7.11 Å². The number of hydrogen-bond donors (Lipinski definition) is 1. The molecule has 17 heavy (non-hydrogen) atoms. The molecule has 0 aliphatic carbocycles. The van der Waals surface area contributed by atoms with Gasteiger partial charge in [-0.2, -0.15) is 0 Å². The van der Waals surface area contributed by atoms with Gasteiger partial charge in [0.15, 0.2) is 0 Å². The van der Waals surface area contributed by atoms with Crippen molar-refractivity contribution in [3.05, 3.63) is 36.7 Å². The van der Waals surface area contributed by atoms with E-state index in [1.807, 2.05) is 30.5 Å². The molecule has 0 amide bonds. The summed E-state index contributed by atoms with van der Waals surface area (Å²) in [6.07, 6.45) is 4.87. The fourth-order valence-electron chi connectivity index (χ4n) is 1.68. The molecule has 1 aromatic heterocycles. The van der Waals surface area contributed by atoms with Gasteiger partial charge in [-0.05, 0) is 18.6 Å². The summed E-state index contributed by atoms with van der Waals surface area (Å²) >= 11 is 0. The highest BCUT2D eigenvalue weighted by atomic mass is 16.5. The number of hydrogen-bond acceptors (Lipinski definition) is 3. The van der Waals surface area contributed by atoms with Crippen LogP contribution in [0.3, 0.4) is 0 Å². The Kier molecular flexibility index (Phi) is 3.65. The van der Waals surface area contributed by atoms with Crippen LogP contribution in [0.5, 0.6) is 5.75 Å². The highest BCUT2D eigenvalue weighted by Gasteiger charge is 2.02. The normalized spacial score (nSPS) is 10.2. The molecule has 90 valence electrons. The highest BCUT2D eigenvalue weighted by Crippen LogP contribution is 2.20. The van der Waals surface area contributed by atoms with Gasteiger partial charge in [-0.15, -0.1) is 0 Å². The van der Waals surface area contributed by atoms with Gasteiger partial charge in [0.2, 0.25) is 5.95 Å². The molecule has 4 heteroatoms. The minimum atomic E-state index is 0.837. The van der Waals surface area contributed by atoms with Gasteiger partial charge in [0.1, 0.15) is 5.75 Å². The van der Waals surface area contributed by atoms with E-state index < -0.39 is 0 Å². The van der Waals surface area contributed by atoms with Crippen LogP contribution in [0.15, 0.2) is 36.7 Å². The van der Waals surface area contributed by atoms with Crippen LogP contribution >= 0.6 is 0 Å². The third kappa shape index (κ3) is 2.78. The minimum Gasteiger partial charge on any atom is -0.497 e. The van der Waals surface area contributed by atoms with Gasteiger partial charge in [-0.25, -0.2) is 4.98 Å². The number of methoxy groups -OCH3 is 1. The molecular weight excluding hydrogens is 214 g/mol. The van der Waals surface area contributed by atoms with Crippen LogP contribution < -0.4 is 10.1 Å². The number of ether oxygens (including phenoxy) is 1. The summed E-state index contributed by atoms with van der Waals surface area (Å²) in [5, 5.41) is 3.28. The second kappa shape index (κ2) is 5.39. The Morgan fingerprint density at radius 1 is 1.41 bits per heavy atom. The maximum absolute atomic E-state index is 5.18. The second-order valence-electron chi connectivity index (χ2n) is 3.80. The number of nitrogens with zero attached hydrogens (tertiary/aromatic N) is 2. The minimum absolute atomic E-state index is 0.837. The molecule has 0 aliphatic rings. The molecule has 1 aromatic carbocycles. The zero-order valence-corrected chi connectivity index (χ0v) is 10.2. The number of benzene rings is 1. The summed E-state index contributed by atoms with van der Waals surface area (Å²) in [5.74, 6) is 1.70. The summed E-state index contributed by atoms with van der Waals surface area (Å²) in [5.41, 5.74) is 0.980. The molecule has 0 aliphatic heterocycles. The van der Waals surface area contributed by atoms with Crippen molar-refractivity contribution < 1.29 is 4.74 Å². The highest BCUT2D eigenvalue weighted by molar-refractivity contribution is 5.56. The Balaban J connectivity index is 2.16. The monoisotopic (exact) mass is 231 g/mol. The Hall–Kier alpha value is -1.97. The van der Waals surface area contributed by atoms with E-state index in [1.165, 1.54) is 0 Å². The maximum atomic E-state index is 5.18. The summed E-state index contributed by atoms with van der Waals surface area (Å²) in [6.45, 7) is 3.11. The van der Waals surface area contributed by atoms with Gasteiger partial charge >= 0.3 is 0 Å². The standard InChI is InChI=1S/C13H17N3O/c1-3-8-16-9-7-14-13(16)15-11-5-4-6-12(10-11)17-2/h4-7,9-10H,3,8H2,1-2H3,(H,14,15). The largest absolute Gasteiger partial charge is 0.497 e. The summed E-state index contributed by atoms with van der Waals surface area (Å²) in [4.78, 5) is 4.30. The van der Waals surface area contributed by atoms with E-state index in [4.69, 9.17) is 4.74 Å². The first-order chi connectivity index (χ1) is 8.33. The third-order valence-electron chi connectivity index (χ3n) is 2.51. The number of nitrogens with one attached hydrogen (secondary N) is 1. The van der Waals surface area contributed by atoms with Gasteiger partial charge in [0.25, 0.3) is 0 Å². The molecule has 4 nitrogen and oxygen atoms in total. The molecule has 1 N–H and O–H groups in total. The van der Waals surface area contributed by atoms with Crippen molar-refractivity contribution in [3.8, 4) is 5.75 Å². The molecular formula is C13H17N3O. The lowest BCUT2D eigenvalue weighted by Gasteiger charge is -2.09. The van der Waals surface area contributed by atoms with E-state index in [0.717, 1.165) is 30.4 Å². The molecule has 2 aromatic rings. The molecule has 0 radical (unpaired) electrons. The van der Waals surface area contributed by atoms with E-state index in [-0.39, 0.29) is 0 Å². The predicted molar refractivity (Wildman–Crippen MR) is 68.8 cm³/mol. The summed E-state index contributed by atoms with van der Waals surface area (Å²) in [6, 6.07) is 7.82. The Bertz CT molecular complexity index is 479. The van der Waals surface area contributed by atoms with Crippen molar-refractivity contribution in [2.24, 2.45) is 0 Å². The van der Waals surface area contributed by atoms with E-state index in [0.29, 0.717) is 0 Å². The Morgan fingerprint density at radius 2 is 2.29 bits per heavy atom. The third-order valence-corrected chi connectivity index (χ3v) is 2.51.